The zero-order valence-corrected chi connectivity index (χ0v) is 19.7. The van der Waals surface area contributed by atoms with Gasteiger partial charge in [0.1, 0.15) is 6.17 Å². The molecule has 3 aliphatic rings. The molecule has 3 unspecified atom stereocenters. The lowest BCUT2D eigenvalue weighted by Crippen LogP contribution is -2.58. The highest BCUT2D eigenvalue weighted by molar-refractivity contribution is 5.82. The third kappa shape index (κ3) is 7.99. The van der Waals surface area contributed by atoms with Crippen LogP contribution < -0.4 is 31.9 Å². The van der Waals surface area contributed by atoms with E-state index < -0.39 is 6.17 Å². The number of nitrogens with one attached hydrogen (secondary N) is 6. The zero-order chi connectivity index (χ0) is 22.9. The standard InChI is InChI=1S/C21H40FN9O/c1-13(2)28-21-27-11-18(32-12-15(4)30-19-23-6-5-7-24-19)17(31-21)8-14(3)29-20-25-9-16(22)10-26-20/h13-18H,5-12H2,1-4H3,(H2,23,24,30)(H2,25,26,29)(H2,27,28,31)/t14-,15+,17?,18?/m1/s1. The summed E-state index contributed by atoms with van der Waals surface area (Å²) in [5, 5.41) is 19.9. The Hall–Kier alpha value is -2.30. The molecule has 0 aliphatic carbocycles. The molecule has 0 aromatic heterocycles. The Morgan fingerprint density at radius 3 is 2.41 bits per heavy atom. The second-order valence-corrected chi connectivity index (χ2v) is 9.12. The summed E-state index contributed by atoms with van der Waals surface area (Å²) in [4.78, 5) is 13.3. The molecule has 0 saturated carbocycles. The van der Waals surface area contributed by atoms with Crippen molar-refractivity contribution in [1.29, 1.82) is 0 Å². The predicted molar refractivity (Wildman–Crippen MR) is 127 cm³/mol. The minimum atomic E-state index is -0.917. The van der Waals surface area contributed by atoms with Crippen LogP contribution in [-0.4, -0.2) is 93.7 Å². The van der Waals surface area contributed by atoms with Crippen molar-refractivity contribution in [1.82, 2.24) is 31.9 Å². The molecule has 0 aromatic carbocycles. The van der Waals surface area contributed by atoms with Crippen molar-refractivity contribution in [3.8, 4) is 0 Å². The lowest BCUT2D eigenvalue weighted by atomic mass is 10.0. The molecule has 0 saturated heterocycles. The van der Waals surface area contributed by atoms with Gasteiger partial charge in [-0.3, -0.25) is 15.0 Å². The second kappa shape index (κ2) is 12.1. The van der Waals surface area contributed by atoms with Crippen molar-refractivity contribution in [2.45, 2.75) is 77.0 Å². The lowest BCUT2D eigenvalue weighted by molar-refractivity contribution is 0.0213. The van der Waals surface area contributed by atoms with Crippen LogP contribution in [0.1, 0.15) is 40.5 Å². The number of alkyl halides is 1. The van der Waals surface area contributed by atoms with Crippen LogP contribution in [0.4, 0.5) is 4.39 Å². The van der Waals surface area contributed by atoms with Crippen molar-refractivity contribution in [3.05, 3.63) is 0 Å². The molecule has 0 amide bonds. The quantitative estimate of drug-likeness (QED) is 0.298. The summed E-state index contributed by atoms with van der Waals surface area (Å²) in [6.07, 6.45) is 0.900. The molecule has 182 valence electrons. The maximum absolute atomic E-state index is 13.3. The van der Waals surface area contributed by atoms with E-state index in [0.29, 0.717) is 25.7 Å². The number of ether oxygens (including phenoxy) is 1. The average Bonchev–Trinajstić information content (AvgIpc) is 2.75. The first-order valence-corrected chi connectivity index (χ1v) is 11.8. The van der Waals surface area contributed by atoms with Gasteiger partial charge in [0, 0.05) is 31.2 Å². The molecule has 0 aromatic rings. The molecular formula is C21H40FN9O. The van der Waals surface area contributed by atoms with Crippen LogP contribution >= 0.6 is 0 Å². The summed E-state index contributed by atoms with van der Waals surface area (Å²) >= 11 is 0. The molecule has 0 radical (unpaired) electrons. The Morgan fingerprint density at radius 1 is 0.969 bits per heavy atom. The average molecular weight is 454 g/mol. The first-order valence-electron chi connectivity index (χ1n) is 11.8. The van der Waals surface area contributed by atoms with Crippen molar-refractivity contribution in [2.75, 3.05) is 39.3 Å². The van der Waals surface area contributed by atoms with Gasteiger partial charge in [-0.05, 0) is 40.5 Å². The smallest absolute Gasteiger partial charge is 0.191 e. The van der Waals surface area contributed by atoms with Crippen molar-refractivity contribution < 1.29 is 9.13 Å². The Labute approximate surface area is 190 Å². The highest BCUT2D eigenvalue weighted by atomic mass is 19.1. The SMILES string of the molecule is CC(C)NC1=NCC(OC[C@H](C)NC2=NCCCN2)C(C[C@@H](C)NC2=NCC(F)CN2)N1. The topological polar surface area (TPSA) is 118 Å². The molecule has 3 rings (SSSR count). The van der Waals surface area contributed by atoms with Crippen LogP contribution in [0.25, 0.3) is 0 Å². The Bertz CT molecular complexity index is 684. The van der Waals surface area contributed by atoms with Gasteiger partial charge in [0.2, 0.25) is 0 Å². The number of nitrogens with zero attached hydrogens (tertiary/aromatic N) is 3. The van der Waals surface area contributed by atoms with E-state index in [1.165, 1.54) is 0 Å². The first-order chi connectivity index (χ1) is 15.4. The fraction of sp³-hybridized carbons (Fsp3) is 0.857. The summed E-state index contributed by atoms with van der Waals surface area (Å²) in [5.41, 5.74) is 0. The minimum absolute atomic E-state index is 0.0565. The van der Waals surface area contributed by atoms with E-state index in [-0.39, 0.29) is 36.8 Å². The van der Waals surface area contributed by atoms with Crippen LogP contribution in [0.3, 0.4) is 0 Å². The van der Waals surface area contributed by atoms with E-state index in [2.05, 4.69) is 74.6 Å². The Balaban J connectivity index is 1.54. The molecular weight excluding hydrogens is 413 g/mol. The van der Waals surface area contributed by atoms with Gasteiger partial charge in [0.15, 0.2) is 17.9 Å². The largest absolute Gasteiger partial charge is 0.372 e. The molecule has 32 heavy (non-hydrogen) atoms. The van der Waals surface area contributed by atoms with Gasteiger partial charge < -0.3 is 36.6 Å². The van der Waals surface area contributed by atoms with E-state index >= 15 is 0 Å². The van der Waals surface area contributed by atoms with E-state index in [1.807, 2.05) is 0 Å². The highest BCUT2D eigenvalue weighted by Crippen LogP contribution is 2.13. The normalized spacial score (nSPS) is 27.6. The fourth-order valence-corrected chi connectivity index (χ4v) is 3.82. The van der Waals surface area contributed by atoms with Crippen molar-refractivity contribution in [3.63, 3.8) is 0 Å². The second-order valence-electron chi connectivity index (χ2n) is 9.12. The van der Waals surface area contributed by atoms with Gasteiger partial charge in [0.05, 0.1) is 38.4 Å². The lowest BCUT2D eigenvalue weighted by Gasteiger charge is -2.35. The molecule has 0 spiro atoms. The van der Waals surface area contributed by atoms with Crippen LogP contribution in [0, 0.1) is 0 Å². The number of guanidine groups is 3. The number of halogens is 1. The number of aliphatic imine (C=N–C) groups is 3. The molecule has 3 aliphatic heterocycles. The Kier molecular flexibility index (Phi) is 9.19. The van der Waals surface area contributed by atoms with E-state index in [0.717, 1.165) is 37.9 Å². The Morgan fingerprint density at radius 2 is 1.72 bits per heavy atom. The van der Waals surface area contributed by atoms with Crippen molar-refractivity contribution in [2.24, 2.45) is 15.0 Å². The molecule has 11 heteroatoms. The predicted octanol–water partition coefficient (Wildman–Crippen LogP) is -0.310. The number of hydrogen-bond acceptors (Lipinski definition) is 10. The molecule has 0 bridgehead atoms. The van der Waals surface area contributed by atoms with Crippen LogP contribution in [0.2, 0.25) is 0 Å². The van der Waals surface area contributed by atoms with Gasteiger partial charge in [-0.15, -0.1) is 0 Å². The van der Waals surface area contributed by atoms with E-state index in [9.17, 15) is 4.39 Å². The first kappa shape index (κ1) is 24.3. The maximum Gasteiger partial charge on any atom is 0.191 e. The third-order valence-electron chi connectivity index (χ3n) is 5.40. The number of rotatable bonds is 8. The van der Waals surface area contributed by atoms with Gasteiger partial charge >= 0.3 is 0 Å². The van der Waals surface area contributed by atoms with E-state index in [4.69, 9.17) is 4.74 Å². The highest BCUT2D eigenvalue weighted by Gasteiger charge is 2.30. The van der Waals surface area contributed by atoms with Crippen LogP contribution in [0.5, 0.6) is 0 Å². The van der Waals surface area contributed by atoms with Crippen LogP contribution in [-0.2, 0) is 4.74 Å². The van der Waals surface area contributed by atoms with Gasteiger partial charge in [0.25, 0.3) is 0 Å². The zero-order valence-electron chi connectivity index (χ0n) is 19.7. The summed E-state index contributed by atoms with van der Waals surface area (Å²) in [5.74, 6) is 2.31. The summed E-state index contributed by atoms with van der Waals surface area (Å²) in [7, 11) is 0. The monoisotopic (exact) mass is 453 g/mol. The van der Waals surface area contributed by atoms with Gasteiger partial charge in [-0.25, -0.2) is 4.39 Å². The third-order valence-corrected chi connectivity index (χ3v) is 5.40. The summed E-state index contributed by atoms with van der Waals surface area (Å²) in [6, 6.07) is 0.615. The van der Waals surface area contributed by atoms with Gasteiger partial charge in [-0.1, -0.05) is 0 Å². The summed E-state index contributed by atoms with van der Waals surface area (Å²) < 4.78 is 19.6. The molecule has 0 fully saturated rings. The molecule has 3 heterocycles. The van der Waals surface area contributed by atoms with Crippen LogP contribution in [0.15, 0.2) is 15.0 Å². The minimum Gasteiger partial charge on any atom is -0.372 e. The molecule has 5 atom stereocenters. The van der Waals surface area contributed by atoms with Crippen molar-refractivity contribution >= 4 is 17.9 Å². The van der Waals surface area contributed by atoms with E-state index in [1.54, 1.807) is 0 Å². The molecule has 6 N–H and O–H groups in total. The van der Waals surface area contributed by atoms with Gasteiger partial charge in [-0.2, -0.15) is 0 Å². The number of hydrogen-bond donors (Lipinski definition) is 6. The molecule has 10 nitrogen and oxygen atoms in total. The fourth-order valence-electron chi connectivity index (χ4n) is 3.82. The summed E-state index contributed by atoms with van der Waals surface area (Å²) in [6.45, 7) is 11.8. The maximum atomic E-state index is 13.3.